The van der Waals surface area contributed by atoms with Crippen LogP contribution in [0.3, 0.4) is 0 Å². The van der Waals surface area contributed by atoms with Gasteiger partial charge in [-0.05, 0) is 36.8 Å². The van der Waals surface area contributed by atoms with Gasteiger partial charge in [-0.25, -0.2) is 0 Å². The molecule has 8 heteroatoms. The molecule has 0 aromatic heterocycles. The number of rotatable bonds is 3. The van der Waals surface area contributed by atoms with Gasteiger partial charge in [-0.3, -0.25) is 25.2 Å². The third-order valence-corrected chi connectivity index (χ3v) is 5.12. The molecule has 1 aliphatic heterocycles. The summed E-state index contributed by atoms with van der Waals surface area (Å²) in [5, 5.41) is 0.836. The molecule has 0 radical (unpaired) electrons. The van der Waals surface area contributed by atoms with Crippen LogP contribution in [0.2, 0.25) is 10.0 Å². The second kappa shape index (κ2) is 7.98. The predicted octanol–water partition coefficient (Wildman–Crippen LogP) is 3.12. The fourth-order valence-corrected chi connectivity index (χ4v) is 3.21. The van der Waals surface area contributed by atoms with E-state index in [2.05, 4.69) is 10.9 Å². The van der Waals surface area contributed by atoms with Gasteiger partial charge >= 0.3 is 0 Å². The number of aryl methyl sites for hydroxylation is 1. The first-order valence-electron chi connectivity index (χ1n) is 8.28. The Hall–Kier alpha value is -2.57. The number of nitrogens with one attached hydrogen (secondary N) is 2. The van der Waals surface area contributed by atoms with Crippen LogP contribution in [0.25, 0.3) is 0 Å². The standard InChI is InChI=1S/C19H17Cl2N3O3/c1-11-6-7-13(9-16(11)21)24-10-12(8-17(24)25)18(26)22-23-19(27)14-4-2-3-5-15(14)20/h2-7,9,12H,8,10H2,1H3,(H,22,26)(H,23,27)/t12-/m0/s1. The summed E-state index contributed by atoms with van der Waals surface area (Å²) in [4.78, 5) is 38.3. The number of hydrogen-bond donors (Lipinski definition) is 2. The molecule has 0 aliphatic carbocycles. The lowest BCUT2D eigenvalue weighted by Crippen LogP contribution is -2.45. The molecule has 1 saturated heterocycles. The minimum absolute atomic E-state index is 0.0549. The lowest BCUT2D eigenvalue weighted by Gasteiger charge is -2.17. The molecule has 0 bridgehead atoms. The predicted molar refractivity (Wildman–Crippen MR) is 104 cm³/mol. The van der Waals surface area contributed by atoms with Gasteiger partial charge in [0.05, 0.1) is 16.5 Å². The van der Waals surface area contributed by atoms with E-state index in [1.54, 1.807) is 36.4 Å². The molecule has 0 spiro atoms. The highest BCUT2D eigenvalue weighted by Gasteiger charge is 2.35. The summed E-state index contributed by atoms with van der Waals surface area (Å²) < 4.78 is 0. The second-order valence-electron chi connectivity index (χ2n) is 6.26. The van der Waals surface area contributed by atoms with Crippen molar-refractivity contribution in [3.63, 3.8) is 0 Å². The summed E-state index contributed by atoms with van der Waals surface area (Å²) in [6, 6.07) is 11.8. The van der Waals surface area contributed by atoms with E-state index >= 15 is 0 Å². The molecule has 0 saturated carbocycles. The number of benzene rings is 2. The molecule has 2 aromatic rings. The Morgan fingerprint density at radius 1 is 1.07 bits per heavy atom. The Morgan fingerprint density at radius 2 is 1.81 bits per heavy atom. The maximum Gasteiger partial charge on any atom is 0.271 e. The van der Waals surface area contributed by atoms with Gasteiger partial charge in [-0.1, -0.05) is 41.4 Å². The smallest absolute Gasteiger partial charge is 0.271 e. The van der Waals surface area contributed by atoms with Gasteiger partial charge in [0.2, 0.25) is 11.8 Å². The number of nitrogens with zero attached hydrogens (tertiary/aromatic N) is 1. The van der Waals surface area contributed by atoms with Crippen LogP contribution in [0.15, 0.2) is 42.5 Å². The Kier molecular flexibility index (Phi) is 5.68. The highest BCUT2D eigenvalue weighted by molar-refractivity contribution is 6.33. The molecule has 1 heterocycles. The third kappa shape index (κ3) is 4.23. The topological polar surface area (TPSA) is 78.5 Å². The van der Waals surface area contributed by atoms with Crippen LogP contribution >= 0.6 is 23.2 Å². The quantitative estimate of drug-likeness (QED) is 0.769. The summed E-state index contributed by atoms with van der Waals surface area (Å²) in [6.07, 6.45) is 0.0549. The first-order valence-corrected chi connectivity index (χ1v) is 9.03. The highest BCUT2D eigenvalue weighted by Crippen LogP contribution is 2.28. The van der Waals surface area contributed by atoms with Gasteiger partial charge in [0.15, 0.2) is 0 Å². The van der Waals surface area contributed by atoms with Gasteiger partial charge < -0.3 is 4.90 Å². The summed E-state index contributed by atoms with van der Waals surface area (Å²) in [5.74, 6) is -1.72. The van der Waals surface area contributed by atoms with Crippen molar-refractivity contribution in [2.24, 2.45) is 5.92 Å². The minimum atomic E-state index is -0.580. The Labute approximate surface area is 166 Å². The number of halogens is 2. The van der Waals surface area contributed by atoms with Crippen molar-refractivity contribution in [3.05, 3.63) is 63.6 Å². The van der Waals surface area contributed by atoms with Crippen molar-refractivity contribution >= 4 is 46.6 Å². The minimum Gasteiger partial charge on any atom is -0.312 e. The highest BCUT2D eigenvalue weighted by atomic mass is 35.5. The summed E-state index contributed by atoms with van der Waals surface area (Å²) >= 11 is 12.1. The van der Waals surface area contributed by atoms with Crippen molar-refractivity contribution in [3.8, 4) is 0 Å². The van der Waals surface area contributed by atoms with Crippen LogP contribution in [0.1, 0.15) is 22.3 Å². The molecule has 3 rings (SSSR count). The number of hydrazine groups is 1. The van der Waals surface area contributed by atoms with E-state index in [-0.39, 0.29) is 29.5 Å². The molecule has 140 valence electrons. The van der Waals surface area contributed by atoms with Gasteiger partial charge in [0, 0.05) is 23.7 Å². The van der Waals surface area contributed by atoms with E-state index in [1.165, 1.54) is 4.90 Å². The largest absolute Gasteiger partial charge is 0.312 e. The van der Waals surface area contributed by atoms with Crippen molar-refractivity contribution in [1.82, 2.24) is 10.9 Å². The second-order valence-corrected chi connectivity index (χ2v) is 7.08. The fraction of sp³-hybridized carbons (Fsp3) is 0.211. The van der Waals surface area contributed by atoms with Gasteiger partial charge in [-0.2, -0.15) is 0 Å². The van der Waals surface area contributed by atoms with Crippen LogP contribution in [0, 0.1) is 12.8 Å². The zero-order valence-electron chi connectivity index (χ0n) is 14.5. The molecule has 2 N–H and O–H groups in total. The normalized spacial score (nSPS) is 16.3. The van der Waals surface area contributed by atoms with Crippen molar-refractivity contribution < 1.29 is 14.4 Å². The lowest BCUT2D eigenvalue weighted by molar-refractivity contribution is -0.126. The van der Waals surface area contributed by atoms with Crippen LogP contribution < -0.4 is 15.8 Å². The summed E-state index contributed by atoms with van der Waals surface area (Å²) in [5.41, 5.74) is 6.49. The molecular formula is C19H17Cl2N3O3. The maximum absolute atomic E-state index is 12.3. The number of hydrogen-bond acceptors (Lipinski definition) is 3. The van der Waals surface area contributed by atoms with Gasteiger partial charge in [0.1, 0.15) is 0 Å². The average molecular weight is 406 g/mol. The average Bonchev–Trinajstić information content (AvgIpc) is 3.04. The van der Waals surface area contributed by atoms with Crippen LogP contribution in [0.4, 0.5) is 5.69 Å². The Balaban J connectivity index is 1.61. The van der Waals surface area contributed by atoms with Crippen molar-refractivity contribution in [1.29, 1.82) is 0 Å². The number of carbonyl (C=O) groups excluding carboxylic acids is 3. The van der Waals surface area contributed by atoms with E-state index in [1.807, 2.05) is 13.0 Å². The van der Waals surface area contributed by atoms with E-state index < -0.39 is 17.7 Å². The van der Waals surface area contributed by atoms with Crippen LogP contribution in [0.5, 0.6) is 0 Å². The van der Waals surface area contributed by atoms with Crippen molar-refractivity contribution in [2.75, 3.05) is 11.4 Å². The maximum atomic E-state index is 12.3. The lowest BCUT2D eigenvalue weighted by atomic mass is 10.1. The monoisotopic (exact) mass is 405 g/mol. The van der Waals surface area contributed by atoms with Crippen molar-refractivity contribution in [2.45, 2.75) is 13.3 Å². The first kappa shape index (κ1) is 19.2. The summed E-state index contributed by atoms with van der Waals surface area (Å²) in [7, 11) is 0. The molecule has 0 unspecified atom stereocenters. The SMILES string of the molecule is Cc1ccc(N2C[C@@H](C(=O)NNC(=O)c3ccccc3Cl)CC2=O)cc1Cl. The van der Waals surface area contributed by atoms with E-state index in [4.69, 9.17) is 23.2 Å². The third-order valence-electron chi connectivity index (χ3n) is 4.38. The zero-order chi connectivity index (χ0) is 19.6. The molecular weight excluding hydrogens is 389 g/mol. The zero-order valence-corrected chi connectivity index (χ0v) is 16.0. The van der Waals surface area contributed by atoms with Crippen LogP contribution in [-0.2, 0) is 9.59 Å². The molecule has 1 atom stereocenters. The van der Waals surface area contributed by atoms with E-state index in [0.717, 1.165) is 5.56 Å². The fourth-order valence-electron chi connectivity index (χ4n) is 2.82. The number of anilines is 1. The Morgan fingerprint density at radius 3 is 2.52 bits per heavy atom. The summed E-state index contributed by atoms with van der Waals surface area (Å²) in [6.45, 7) is 2.09. The van der Waals surface area contributed by atoms with Gasteiger partial charge in [0.25, 0.3) is 5.91 Å². The Bertz CT molecular complexity index is 917. The van der Waals surface area contributed by atoms with E-state index in [9.17, 15) is 14.4 Å². The molecule has 6 nitrogen and oxygen atoms in total. The first-order chi connectivity index (χ1) is 12.9. The molecule has 1 aliphatic rings. The molecule has 3 amide bonds. The molecule has 1 fully saturated rings. The van der Waals surface area contributed by atoms with Crippen LogP contribution in [-0.4, -0.2) is 24.3 Å². The number of carbonyl (C=O) groups is 3. The molecule has 27 heavy (non-hydrogen) atoms. The molecule has 2 aromatic carbocycles. The number of amides is 3. The van der Waals surface area contributed by atoms with E-state index in [0.29, 0.717) is 10.7 Å². The van der Waals surface area contributed by atoms with Gasteiger partial charge in [-0.15, -0.1) is 0 Å².